The van der Waals surface area contributed by atoms with Crippen molar-refractivity contribution in [2.75, 3.05) is 11.9 Å². The number of fused-ring (bicyclic) bond motifs is 1. The molecule has 0 atom stereocenters. The van der Waals surface area contributed by atoms with Crippen LogP contribution in [0, 0.1) is 0 Å². The number of Topliss-reactive ketones (excluding diaryl/α,β-unsaturated/α-hetero) is 1. The quantitative estimate of drug-likeness (QED) is 0.645. The van der Waals surface area contributed by atoms with Gasteiger partial charge in [0, 0.05) is 23.7 Å². The molecule has 0 spiro atoms. The smallest absolute Gasteiger partial charge is 0.221 e. The summed E-state index contributed by atoms with van der Waals surface area (Å²) in [4.78, 5) is 30.2. The van der Waals surface area contributed by atoms with Crippen LogP contribution in [0.1, 0.15) is 17.3 Å². The van der Waals surface area contributed by atoms with Gasteiger partial charge in [-0.3, -0.25) is 9.59 Å². The number of aromatic nitrogens is 2. The molecule has 6 nitrogen and oxygen atoms in total. The van der Waals surface area contributed by atoms with E-state index in [2.05, 4.69) is 15.3 Å². The number of carbonyl (C=O) groups is 2. The van der Waals surface area contributed by atoms with Crippen molar-refractivity contribution in [2.45, 2.75) is 6.92 Å². The Hall–Kier alpha value is -2.99. The van der Waals surface area contributed by atoms with Crippen molar-refractivity contribution in [1.29, 1.82) is 0 Å². The lowest BCUT2D eigenvalue weighted by Gasteiger charge is -2.02. The summed E-state index contributed by atoms with van der Waals surface area (Å²) in [6, 6.07) is 12.4. The van der Waals surface area contributed by atoms with Gasteiger partial charge in [-0.25, -0.2) is 4.98 Å². The van der Waals surface area contributed by atoms with Gasteiger partial charge < -0.3 is 15.4 Å². The van der Waals surface area contributed by atoms with Gasteiger partial charge in [0.1, 0.15) is 12.4 Å². The zero-order valence-corrected chi connectivity index (χ0v) is 12.5. The lowest BCUT2D eigenvalue weighted by atomic mass is 10.1. The van der Waals surface area contributed by atoms with Gasteiger partial charge in [-0.2, -0.15) is 0 Å². The molecule has 0 aliphatic carbocycles. The number of amides is 1. The second-order valence-electron chi connectivity index (χ2n) is 5.16. The third-order valence-electron chi connectivity index (χ3n) is 3.43. The Bertz CT molecular complexity index is 882. The molecule has 3 aromatic rings. The van der Waals surface area contributed by atoms with Gasteiger partial charge in [-0.05, 0) is 42.5 Å². The molecule has 116 valence electrons. The molecule has 0 fully saturated rings. The topological polar surface area (TPSA) is 95.1 Å². The maximum absolute atomic E-state index is 11.5. The van der Waals surface area contributed by atoms with E-state index < -0.39 is 6.61 Å². The van der Waals surface area contributed by atoms with E-state index in [0.29, 0.717) is 17.1 Å². The summed E-state index contributed by atoms with van der Waals surface area (Å²) < 4.78 is 0. The highest BCUT2D eigenvalue weighted by molar-refractivity contribution is 5.99. The zero-order valence-electron chi connectivity index (χ0n) is 12.5. The molecule has 3 rings (SSSR count). The van der Waals surface area contributed by atoms with Crippen molar-refractivity contribution in [3.8, 4) is 11.4 Å². The Balaban J connectivity index is 1.93. The first kappa shape index (κ1) is 14.9. The van der Waals surface area contributed by atoms with E-state index in [1.807, 2.05) is 12.1 Å². The van der Waals surface area contributed by atoms with E-state index >= 15 is 0 Å². The number of carbonyl (C=O) groups excluding carboxylic acids is 2. The third kappa shape index (κ3) is 3.12. The SMILES string of the molecule is CC(=O)Nc1ccc(-c2nc3ccc(C(=O)CO)cc3[nH]2)cc1. The zero-order chi connectivity index (χ0) is 16.4. The molecule has 3 N–H and O–H groups in total. The van der Waals surface area contributed by atoms with Gasteiger partial charge in [-0.15, -0.1) is 0 Å². The Morgan fingerprint density at radius 1 is 1.17 bits per heavy atom. The maximum Gasteiger partial charge on any atom is 0.221 e. The van der Waals surface area contributed by atoms with Crippen molar-refractivity contribution in [3.05, 3.63) is 48.0 Å². The van der Waals surface area contributed by atoms with Crippen LogP contribution in [-0.2, 0) is 4.79 Å². The molecule has 2 aromatic carbocycles. The summed E-state index contributed by atoms with van der Waals surface area (Å²) in [6.45, 7) is 0.940. The van der Waals surface area contributed by atoms with Gasteiger partial charge in [0.2, 0.25) is 5.91 Å². The second-order valence-corrected chi connectivity index (χ2v) is 5.16. The van der Waals surface area contributed by atoms with Crippen LogP contribution >= 0.6 is 0 Å². The van der Waals surface area contributed by atoms with Crippen molar-refractivity contribution >= 4 is 28.4 Å². The summed E-state index contributed by atoms with van der Waals surface area (Å²) in [5.74, 6) is 0.216. The number of nitrogens with zero attached hydrogens (tertiary/aromatic N) is 1. The number of aliphatic hydroxyl groups is 1. The summed E-state index contributed by atoms with van der Waals surface area (Å²) >= 11 is 0. The fourth-order valence-corrected chi connectivity index (χ4v) is 2.33. The number of ketones is 1. The van der Waals surface area contributed by atoms with E-state index in [1.54, 1.807) is 30.3 Å². The summed E-state index contributed by atoms with van der Waals surface area (Å²) in [7, 11) is 0. The number of nitrogens with one attached hydrogen (secondary N) is 2. The van der Waals surface area contributed by atoms with Crippen LogP contribution in [0.25, 0.3) is 22.4 Å². The lowest BCUT2D eigenvalue weighted by molar-refractivity contribution is -0.114. The number of H-pyrrole nitrogens is 1. The molecule has 1 aromatic heterocycles. The Labute approximate surface area is 132 Å². The number of aromatic amines is 1. The molecule has 0 aliphatic rings. The first-order valence-corrected chi connectivity index (χ1v) is 7.08. The van der Waals surface area contributed by atoms with Crippen LogP contribution in [0.2, 0.25) is 0 Å². The van der Waals surface area contributed by atoms with Crippen molar-refractivity contribution < 1.29 is 14.7 Å². The van der Waals surface area contributed by atoms with E-state index in [-0.39, 0.29) is 11.7 Å². The minimum atomic E-state index is -0.517. The van der Waals surface area contributed by atoms with E-state index in [0.717, 1.165) is 16.6 Å². The third-order valence-corrected chi connectivity index (χ3v) is 3.43. The lowest BCUT2D eigenvalue weighted by Crippen LogP contribution is -2.05. The summed E-state index contributed by atoms with van der Waals surface area (Å²) in [6.07, 6.45) is 0. The van der Waals surface area contributed by atoms with Crippen LogP contribution < -0.4 is 5.32 Å². The summed E-state index contributed by atoms with van der Waals surface area (Å²) in [5, 5.41) is 11.6. The van der Waals surface area contributed by atoms with Crippen LogP contribution in [-0.4, -0.2) is 33.4 Å². The van der Waals surface area contributed by atoms with E-state index in [1.165, 1.54) is 6.92 Å². The molecule has 6 heteroatoms. The van der Waals surface area contributed by atoms with Gasteiger partial charge in [0.05, 0.1) is 11.0 Å². The fourth-order valence-electron chi connectivity index (χ4n) is 2.33. The molecule has 0 aliphatic heterocycles. The van der Waals surface area contributed by atoms with Crippen molar-refractivity contribution in [2.24, 2.45) is 0 Å². The predicted octanol–water partition coefficient (Wildman–Crippen LogP) is 2.36. The number of aliphatic hydroxyl groups excluding tert-OH is 1. The van der Waals surface area contributed by atoms with Crippen LogP contribution in [0.5, 0.6) is 0 Å². The first-order valence-electron chi connectivity index (χ1n) is 7.08. The number of hydrogen-bond acceptors (Lipinski definition) is 4. The molecule has 0 saturated heterocycles. The molecule has 1 amide bonds. The molecule has 0 unspecified atom stereocenters. The minimum absolute atomic E-state index is 0.123. The monoisotopic (exact) mass is 309 g/mol. The highest BCUT2D eigenvalue weighted by Crippen LogP contribution is 2.23. The standard InChI is InChI=1S/C17H15N3O3/c1-10(22)18-13-5-2-11(3-6-13)17-19-14-7-4-12(16(23)9-21)8-15(14)20-17/h2-8,21H,9H2,1H3,(H,18,22)(H,19,20). The number of benzene rings is 2. The Kier molecular flexibility index (Phi) is 3.91. The normalized spacial score (nSPS) is 10.7. The van der Waals surface area contributed by atoms with Crippen molar-refractivity contribution in [1.82, 2.24) is 9.97 Å². The van der Waals surface area contributed by atoms with Crippen LogP contribution in [0.4, 0.5) is 5.69 Å². The maximum atomic E-state index is 11.5. The van der Waals surface area contributed by atoms with Gasteiger partial charge >= 0.3 is 0 Å². The highest BCUT2D eigenvalue weighted by atomic mass is 16.3. The molecule has 0 saturated carbocycles. The minimum Gasteiger partial charge on any atom is -0.388 e. The van der Waals surface area contributed by atoms with E-state index in [4.69, 9.17) is 5.11 Å². The number of anilines is 1. The molecular formula is C17H15N3O3. The van der Waals surface area contributed by atoms with Gasteiger partial charge in [-0.1, -0.05) is 0 Å². The van der Waals surface area contributed by atoms with Crippen LogP contribution in [0.3, 0.4) is 0 Å². The number of hydrogen-bond donors (Lipinski definition) is 3. The fraction of sp³-hybridized carbons (Fsp3) is 0.118. The highest BCUT2D eigenvalue weighted by Gasteiger charge is 2.09. The average molecular weight is 309 g/mol. The molecule has 23 heavy (non-hydrogen) atoms. The Morgan fingerprint density at radius 2 is 1.91 bits per heavy atom. The molecule has 1 heterocycles. The van der Waals surface area contributed by atoms with Crippen molar-refractivity contribution in [3.63, 3.8) is 0 Å². The van der Waals surface area contributed by atoms with Gasteiger partial charge in [0.15, 0.2) is 5.78 Å². The molecule has 0 bridgehead atoms. The van der Waals surface area contributed by atoms with E-state index in [9.17, 15) is 9.59 Å². The number of imidazole rings is 1. The first-order chi connectivity index (χ1) is 11.1. The van der Waals surface area contributed by atoms with Crippen LogP contribution in [0.15, 0.2) is 42.5 Å². The molecule has 0 radical (unpaired) electrons. The summed E-state index contributed by atoms with van der Waals surface area (Å²) in [5.41, 5.74) is 3.49. The Morgan fingerprint density at radius 3 is 2.57 bits per heavy atom. The largest absolute Gasteiger partial charge is 0.388 e. The second kappa shape index (κ2) is 6.02. The van der Waals surface area contributed by atoms with Gasteiger partial charge in [0.25, 0.3) is 0 Å². The average Bonchev–Trinajstić information content (AvgIpc) is 2.97. The predicted molar refractivity (Wildman–Crippen MR) is 87.2 cm³/mol. The number of rotatable bonds is 4. The molecular weight excluding hydrogens is 294 g/mol.